The van der Waals surface area contributed by atoms with Crippen molar-refractivity contribution in [2.75, 3.05) is 10.7 Å². The molecule has 0 aliphatic heterocycles. The minimum atomic E-state index is -4.64. The highest BCUT2D eigenvalue weighted by molar-refractivity contribution is 5.47. The number of nitrogen functional groups attached to an aromatic ring is 1. The zero-order valence-corrected chi connectivity index (χ0v) is 10.1. The molecule has 0 spiro atoms. The van der Waals surface area contributed by atoms with Gasteiger partial charge in [0.25, 0.3) is 0 Å². The van der Waals surface area contributed by atoms with Crippen molar-refractivity contribution in [1.82, 2.24) is 15.0 Å². The zero-order valence-electron chi connectivity index (χ0n) is 10.1. The molecule has 0 aliphatic carbocycles. The maximum absolute atomic E-state index is 12.6. The molecule has 106 valence electrons. The van der Waals surface area contributed by atoms with Crippen LogP contribution in [0.4, 0.5) is 24.8 Å². The Balaban J connectivity index is 2.19. The molecule has 0 aliphatic rings. The van der Waals surface area contributed by atoms with Crippen LogP contribution in [0, 0.1) is 0 Å². The van der Waals surface area contributed by atoms with E-state index in [1.165, 1.54) is 6.07 Å². The van der Waals surface area contributed by atoms with E-state index in [2.05, 4.69) is 25.7 Å². The average molecular weight is 284 g/mol. The van der Waals surface area contributed by atoms with E-state index < -0.39 is 12.0 Å². The van der Waals surface area contributed by atoms with Gasteiger partial charge in [0.2, 0.25) is 5.82 Å². The third-order valence-corrected chi connectivity index (χ3v) is 2.30. The van der Waals surface area contributed by atoms with Crippen LogP contribution in [0.3, 0.4) is 0 Å². The molecule has 0 saturated heterocycles. The minimum absolute atomic E-state index is 0.00549. The largest absolute Gasteiger partial charge is 0.451 e. The number of anilines is 2. The second kappa shape index (κ2) is 5.70. The van der Waals surface area contributed by atoms with Gasteiger partial charge in [-0.1, -0.05) is 6.07 Å². The van der Waals surface area contributed by atoms with Crippen LogP contribution < -0.4 is 16.6 Å². The van der Waals surface area contributed by atoms with Gasteiger partial charge in [0, 0.05) is 12.3 Å². The molecule has 0 unspecified atom stereocenters. The fourth-order valence-electron chi connectivity index (χ4n) is 1.42. The second-order valence-electron chi connectivity index (χ2n) is 3.78. The first-order chi connectivity index (χ1) is 9.49. The first kappa shape index (κ1) is 14.0. The first-order valence-electron chi connectivity index (χ1n) is 5.55. The van der Waals surface area contributed by atoms with Gasteiger partial charge in [-0.05, 0) is 12.1 Å². The van der Waals surface area contributed by atoms with Gasteiger partial charge in [-0.2, -0.15) is 13.2 Å². The lowest BCUT2D eigenvalue weighted by atomic mass is 10.3. The molecule has 20 heavy (non-hydrogen) atoms. The van der Waals surface area contributed by atoms with E-state index >= 15 is 0 Å². The van der Waals surface area contributed by atoms with Crippen LogP contribution in [0.15, 0.2) is 30.5 Å². The van der Waals surface area contributed by atoms with Gasteiger partial charge in [0.05, 0.1) is 12.2 Å². The summed E-state index contributed by atoms with van der Waals surface area (Å²) >= 11 is 0. The molecule has 0 radical (unpaired) electrons. The Kier molecular flexibility index (Phi) is 3.99. The predicted octanol–water partition coefficient (Wildman–Crippen LogP) is 1.79. The lowest BCUT2D eigenvalue weighted by Crippen LogP contribution is -2.17. The van der Waals surface area contributed by atoms with Crippen LogP contribution in [0.2, 0.25) is 0 Å². The number of hydrazine groups is 1. The third-order valence-electron chi connectivity index (χ3n) is 2.30. The number of pyridine rings is 1. The standard InChI is InChI=1S/C11H11F3N6/c12-11(13,14)10-18-8(5-9(19-10)20-15)17-6-7-3-1-2-4-16-7/h1-5H,6,15H2,(H2,17,18,19,20). The van der Waals surface area contributed by atoms with Crippen molar-refractivity contribution in [2.24, 2.45) is 5.84 Å². The Bertz CT molecular complexity index is 572. The maximum Gasteiger partial charge on any atom is 0.451 e. The monoisotopic (exact) mass is 284 g/mol. The van der Waals surface area contributed by atoms with E-state index in [0.29, 0.717) is 5.69 Å². The van der Waals surface area contributed by atoms with Crippen molar-refractivity contribution in [3.05, 3.63) is 42.0 Å². The van der Waals surface area contributed by atoms with Gasteiger partial charge < -0.3 is 10.7 Å². The number of rotatable bonds is 4. The van der Waals surface area contributed by atoms with Gasteiger partial charge in [0.15, 0.2) is 0 Å². The highest BCUT2D eigenvalue weighted by Crippen LogP contribution is 2.28. The van der Waals surface area contributed by atoms with Crippen LogP contribution >= 0.6 is 0 Å². The van der Waals surface area contributed by atoms with Crippen molar-refractivity contribution < 1.29 is 13.2 Å². The Labute approximate surface area is 112 Å². The molecule has 0 fully saturated rings. The summed E-state index contributed by atoms with van der Waals surface area (Å²) in [5, 5.41) is 2.74. The molecule has 2 heterocycles. The minimum Gasteiger partial charge on any atom is -0.364 e. The fraction of sp³-hybridized carbons (Fsp3) is 0.182. The summed E-state index contributed by atoms with van der Waals surface area (Å²) < 4.78 is 37.8. The van der Waals surface area contributed by atoms with Crippen molar-refractivity contribution in [3.8, 4) is 0 Å². The number of hydrogen-bond donors (Lipinski definition) is 3. The van der Waals surface area contributed by atoms with Crippen molar-refractivity contribution in [3.63, 3.8) is 0 Å². The fourth-order valence-corrected chi connectivity index (χ4v) is 1.42. The zero-order chi connectivity index (χ0) is 14.6. The molecular formula is C11H11F3N6. The number of aromatic nitrogens is 3. The molecule has 0 bridgehead atoms. The first-order valence-corrected chi connectivity index (χ1v) is 5.55. The van der Waals surface area contributed by atoms with Gasteiger partial charge in [-0.25, -0.2) is 15.8 Å². The number of halogens is 3. The van der Waals surface area contributed by atoms with Crippen molar-refractivity contribution >= 4 is 11.6 Å². The van der Waals surface area contributed by atoms with E-state index in [4.69, 9.17) is 5.84 Å². The van der Waals surface area contributed by atoms with Crippen molar-refractivity contribution in [1.29, 1.82) is 0 Å². The molecule has 0 atom stereocenters. The molecule has 9 heteroatoms. The summed E-state index contributed by atoms with van der Waals surface area (Å²) in [5.74, 6) is 3.70. The van der Waals surface area contributed by atoms with Crippen LogP contribution in [0.1, 0.15) is 11.5 Å². The number of hydrogen-bond acceptors (Lipinski definition) is 6. The SMILES string of the molecule is NNc1cc(NCc2ccccn2)nc(C(F)(F)F)n1. The Morgan fingerprint density at radius 2 is 1.90 bits per heavy atom. The lowest BCUT2D eigenvalue weighted by molar-refractivity contribution is -0.144. The summed E-state index contributed by atoms with van der Waals surface area (Å²) in [6.07, 6.45) is -3.06. The quantitative estimate of drug-likeness (QED) is 0.586. The molecule has 2 rings (SSSR count). The highest BCUT2D eigenvalue weighted by Gasteiger charge is 2.35. The number of nitrogens with one attached hydrogen (secondary N) is 2. The normalized spacial score (nSPS) is 11.2. The molecular weight excluding hydrogens is 273 g/mol. The predicted molar refractivity (Wildman–Crippen MR) is 66.4 cm³/mol. The van der Waals surface area contributed by atoms with Crippen molar-refractivity contribution in [2.45, 2.75) is 12.7 Å². The van der Waals surface area contributed by atoms with Gasteiger partial charge in [0.1, 0.15) is 11.6 Å². The summed E-state index contributed by atoms with van der Waals surface area (Å²) in [6, 6.07) is 6.53. The number of nitrogens with zero attached hydrogens (tertiary/aromatic N) is 3. The van der Waals surface area contributed by atoms with E-state index in [-0.39, 0.29) is 18.2 Å². The maximum atomic E-state index is 12.6. The number of nitrogens with two attached hydrogens (primary N) is 1. The Morgan fingerprint density at radius 1 is 1.15 bits per heavy atom. The van der Waals surface area contributed by atoms with E-state index in [9.17, 15) is 13.2 Å². The summed E-state index contributed by atoms with van der Waals surface area (Å²) in [6.45, 7) is 0.235. The average Bonchev–Trinajstić information content (AvgIpc) is 2.45. The lowest BCUT2D eigenvalue weighted by Gasteiger charge is -2.11. The van der Waals surface area contributed by atoms with Crippen LogP contribution in [0.5, 0.6) is 0 Å². The van der Waals surface area contributed by atoms with Gasteiger partial charge >= 0.3 is 6.18 Å². The summed E-state index contributed by atoms with van der Waals surface area (Å²) in [7, 11) is 0. The molecule has 2 aromatic heterocycles. The number of alkyl halides is 3. The molecule has 0 saturated carbocycles. The molecule has 0 amide bonds. The summed E-state index contributed by atoms with van der Waals surface area (Å²) in [4.78, 5) is 10.7. The topological polar surface area (TPSA) is 88.8 Å². The molecule has 0 aromatic carbocycles. The molecule has 6 nitrogen and oxygen atoms in total. The van der Waals surface area contributed by atoms with E-state index in [1.807, 2.05) is 0 Å². The van der Waals surface area contributed by atoms with Crippen LogP contribution in [0.25, 0.3) is 0 Å². The van der Waals surface area contributed by atoms with E-state index in [1.54, 1.807) is 24.4 Å². The van der Waals surface area contributed by atoms with E-state index in [0.717, 1.165) is 0 Å². The van der Waals surface area contributed by atoms with Gasteiger partial charge in [-0.3, -0.25) is 4.98 Å². The smallest absolute Gasteiger partial charge is 0.364 e. The Morgan fingerprint density at radius 3 is 2.50 bits per heavy atom. The summed E-state index contributed by atoms with van der Waals surface area (Å²) in [5.41, 5.74) is 2.74. The van der Waals surface area contributed by atoms with Crippen LogP contribution in [-0.2, 0) is 12.7 Å². The van der Waals surface area contributed by atoms with Gasteiger partial charge in [-0.15, -0.1) is 0 Å². The Hall–Kier alpha value is -2.42. The van der Waals surface area contributed by atoms with Crippen LogP contribution in [-0.4, -0.2) is 15.0 Å². The molecule has 4 N–H and O–H groups in total. The highest BCUT2D eigenvalue weighted by atomic mass is 19.4. The second-order valence-corrected chi connectivity index (χ2v) is 3.78. The third kappa shape index (κ3) is 3.54. The molecule has 2 aromatic rings.